The van der Waals surface area contributed by atoms with Gasteiger partial charge in [-0.1, -0.05) is 41.9 Å². The van der Waals surface area contributed by atoms with Gasteiger partial charge in [0.15, 0.2) is 11.5 Å². The maximum Gasteiger partial charge on any atom is 0.240 e. The molecule has 0 unspecified atom stereocenters. The Labute approximate surface area is 176 Å². The van der Waals surface area contributed by atoms with E-state index in [0.717, 1.165) is 16.7 Å². The number of methoxy groups -OCH3 is 2. The summed E-state index contributed by atoms with van der Waals surface area (Å²) in [5.74, 6) is 1.25. The normalized spacial score (nSPS) is 11.3. The van der Waals surface area contributed by atoms with Crippen LogP contribution in [0, 0.1) is 0 Å². The van der Waals surface area contributed by atoms with E-state index in [1.165, 1.54) is 0 Å². The minimum atomic E-state index is -3.59. The highest BCUT2D eigenvalue weighted by atomic mass is 35.5. The summed E-state index contributed by atoms with van der Waals surface area (Å²) < 4.78 is 38.3. The molecule has 0 aliphatic carbocycles. The van der Waals surface area contributed by atoms with Crippen LogP contribution in [0.1, 0.15) is 5.56 Å². The predicted octanol–water partition coefficient (Wildman–Crippen LogP) is 4.55. The second-order valence-corrected chi connectivity index (χ2v) is 8.57. The van der Waals surface area contributed by atoms with Crippen molar-refractivity contribution in [3.63, 3.8) is 0 Å². The Morgan fingerprint density at radius 1 is 0.828 bits per heavy atom. The van der Waals surface area contributed by atoms with Gasteiger partial charge >= 0.3 is 0 Å². The Morgan fingerprint density at radius 3 is 2.00 bits per heavy atom. The molecule has 0 atom stereocenters. The average molecular weight is 432 g/mol. The Morgan fingerprint density at radius 2 is 1.41 bits per heavy atom. The lowest BCUT2D eigenvalue weighted by atomic mass is 10.1. The molecule has 0 aliphatic rings. The molecule has 152 valence electrons. The van der Waals surface area contributed by atoms with Gasteiger partial charge in [0.2, 0.25) is 10.0 Å². The van der Waals surface area contributed by atoms with E-state index in [2.05, 4.69) is 4.72 Å². The van der Waals surface area contributed by atoms with Crippen molar-refractivity contribution in [1.29, 1.82) is 0 Å². The van der Waals surface area contributed by atoms with Crippen molar-refractivity contribution < 1.29 is 17.9 Å². The van der Waals surface area contributed by atoms with Crippen molar-refractivity contribution in [1.82, 2.24) is 4.72 Å². The average Bonchev–Trinajstić information content (AvgIpc) is 2.74. The summed E-state index contributed by atoms with van der Waals surface area (Å²) in [5, 5.41) is 0.659. The van der Waals surface area contributed by atoms with Gasteiger partial charge < -0.3 is 9.47 Å². The summed E-state index contributed by atoms with van der Waals surface area (Å²) in [4.78, 5) is 0.225. The number of hydrogen-bond acceptors (Lipinski definition) is 4. The quantitative estimate of drug-likeness (QED) is 0.568. The molecule has 7 heteroatoms. The Balaban J connectivity index is 1.64. The molecule has 0 saturated heterocycles. The van der Waals surface area contributed by atoms with Gasteiger partial charge in [0.05, 0.1) is 19.1 Å². The molecule has 0 amide bonds. The number of rotatable bonds is 8. The monoisotopic (exact) mass is 431 g/mol. The third-order valence-electron chi connectivity index (χ3n) is 4.50. The maximum atomic E-state index is 12.6. The van der Waals surface area contributed by atoms with E-state index >= 15 is 0 Å². The minimum Gasteiger partial charge on any atom is -0.493 e. The van der Waals surface area contributed by atoms with Crippen LogP contribution in [0.25, 0.3) is 11.1 Å². The van der Waals surface area contributed by atoms with Crippen LogP contribution in [-0.4, -0.2) is 29.2 Å². The number of ether oxygens (including phenoxy) is 2. The highest BCUT2D eigenvalue weighted by Crippen LogP contribution is 2.27. The number of nitrogens with one attached hydrogen (secondary N) is 1. The molecule has 0 bridgehead atoms. The van der Waals surface area contributed by atoms with E-state index in [0.29, 0.717) is 22.9 Å². The van der Waals surface area contributed by atoms with Gasteiger partial charge in [-0.15, -0.1) is 0 Å². The van der Waals surface area contributed by atoms with E-state index in [1.54, 1.807) is 56.7 Å². The number of halogens is 1. The number of hydrogen-bond donors (Lipinski definition) is 1. The molecule has 0 spiro atoms. The van der Waals surface area contributed by atoms with Gasteiger partial charge in [-0.05, 0) is 59.5 Å². The van der Waals surface area contributed by atoms with E-state index in [4.69, 9.17) is 21.1 Å². The minimum absolute atomic E-state index is 0.225. The van der Waals surface area contributed by atoms with Gasteiger partial charge in [-0.3, -0.25) is 0 Å². The molecule has 0 radical (unpaired) electrons. The largest absolute Gasteiger partial charge is 0.493 e. The lowest BCUT2D eigenvalue weighted by molar-refractivity contribution is 0.354. The SMILES string of the molecule is COc1ccc(CCNS(=O)(=O)c2ccc(-c3ccc(Cl)cc3)cc2)cc1OC. The van der Waals surface area contributed by atoms with Crippen molar-refractivity contribution >= 4 is 21.6 Å². The van der Waals surface area contributed by atoms with Crippen molar-refractivity contribution in [2.45, 2.75) is 11.3 Å². The second kappa shape index (κ2) is 9.31. The smallest absolute Gasteiger partial charge is 0.240 e. The molecule has 3 aromatic carbocycles. The first-order valence-corrected chi connectivity index (χ1v) is 10.9. The van der Waals surface area contributed by atoms with Crippen LogP contribution >= 0.6 is 11.6 Å². The molecule has 0 saturated carbocycles. The first kappa shape index (κ1) is 21.2. The zero-order chi connectivity index (χ0) is 20.9. The summed E-state index contributed by atoms with van der Waals surface area (Å²) in [7, 11) is -0.451. The molecule has 29 heavy (non-hydrogen) atoms. The second-order valence-electron chi connectivity index (χ2n) is 6.37. The third kappa shape index (κ3) is 5.29. The Kier molecular flexibility index (Phi) is 6.79. The van der Waals surface area contributed by atoms with Crippen LogP contribution in [0.15, 0.2) is 71.6 Å². The summed E-state index contributed by atoms with van der Waals surface area (Å²) >= 11 is 5.91. The predicted molar refractivity (Wildman–Crippen MR) is 115 cm³/mol. The molecule has 0 fully saturated rings. The molecule has 0 aromatic heterocycles. The first-order valence-electron chi connectivity index (χ1n) is 8.99. The Hall–Kier alpha value is -2.54. The van der Waals surface area contributed by atoms with Gasteiger partial charge in [-0.25, -0.2) is 13.1 Å². The fraction of sp³-hybridized carbons (Fsp3) is 0.182. The van der Waals surface area contributed by atoms with Gasteiger partial charge in [0.1, 0.15) is 0 Å². The lowest BCUT2D eigenvalue weighted by Gasteiger charge is -2.11. The van der Waals surface area contributed by atoms with Gasteiger partial charge in [0, 0.05) is 11.6 Å². The molecular weight excluding hydrogens is 410 g/mol. The third-order valence-corrected chi connectivity index (χ3v) is 6.22. The van der Waals surface area contributed by atoms with Crippen molar-refractivity contribution in [3.05, 3.63) is 77.3 Å². The lowest BCUT2D eigenvalue weighted by Crippen LogP contribution is -2.26. The molecule has 3 rings (SSSR count). The maximum absolute atomic E-state index is 12.6. The van der Waals surface area contributed by atoms with E-state index in [-0.39, 0.29) is 11.4 Å². The number of benzene rings is 3. The zero-order valence-electron chi connectivity index (χ0n) is 16.2. The fourth-order valence-electron chi connectivity index (χ4n) is 2.92. The van der Waals surface area contributed by atoms with Crippen LogP contribution in [0.5, 0.6) is 11.5 Å². The fourth-order valence-corrected chi connectivity index (χ4v) is 4.08. The molecule has 0 aliphatic heterocycles. The van der Waals surface area contributed by atoms with E-state index in [9.17, 15) is 8.42 Å². The van der Waals surface area contributed by atoms with Crippen LogP contribution < -0.4 is 14.2 Å². The summed E-state index contributed by atoms with van der Waals surface area (Å²) in [6, 6.07) is 19.7. The first-order chi connectivity index (χ1) is 13.9. The number of sulfonamides is 1. The van der Waals surface area contributed by atoms with Crippen LogP contribution in [-0.2, 0) is 16.4 Å². The summed E-state index contributed by atoms with van der Waals surface area (Å²) in [5.41, 5.74) is 2.84. The van der Waals surface area contributed by atoms with Crippen molar-refractivity contribution in [3.8, 4) is 22.6 Å². The van der Waals surface area contributed by atoms with Gasteiger partial charge in [-0.2, -0.15) is 0 Å². The van der Waals surface area contributed by atoms with Gasteiger partial charge in [0.25, 0.3) is 0 Å². The zero-order valence-corrected chi connectivity index (χ0v) is 17.8. The standard InChI is InChI=1S/C22H22ClNO4S/c1-27-21-12-3-16(15-22(21)28-2)13-14-24-29(25,26)20-10-6-18(7-11-20)17-4-8-19(23)9-5-17/h3-12,15,24H,13-14H2,1-2H3. The summed E-state index contributed by atoms with van der Waals surface area (Å²) in [6.45, 7) is 0.275. The van der Waals surface area contributed by atoms with Crippen LogP contribution in [0.3, 0.4) is 0 Å². The molecule has 3 aromatic rings. The Bertz CT molecular complexity index is 1060. The molecule has 5 nitrogen and oxygen atoms in total. The highest BCUT2D eigenvalue weighted by Gasteiger charge is 2.14. The molecular formula is C22H22ClNO4S. The van der Waals surface area contributed by atoms with Crippen LogP contribution in [0.4, 0.5) is 0 Å². The van der Waals surface area contributed by atoms with Crippen molar-refractivity contribution in [2.75, 3.05) is 20.8 Å². The van der Waals surface area contributed by atoms with E-state index < -0.39 is 10.0 Å². The molecule has 0 heterocycles. The topological polar surface area (TPSA) is 64.6 Å². The van der Waals surface area contributed by atoms with E-state index in [1.807, 2.05) is 24.3 Å². The molecule has 1 N–H and O–H groups in total. The van der Waals surface area contributed by atoms with Crippen molar-refractivity contribution in [2.24, 2.45) is 0 Å². The summed E-state index contributed by atoms with van der Waals surface area (Å²) in [6.07, 6.45) is 0.530. The van der Waals surface area contributed by atoms with Crippen LogP contribution in [0.2, 0.25) is 5.02 Å². The highest BCUT2D eigenvalue weighted by molar-refractivity contribution is 7.89.